The number of benzene rings is 2. The van der Waals surface area contributed by atoms with E-state index < -0.39 is 11.0 Å². The zero-order valence-electron chi connectivity index (χ0n) is 17.2. The van der Waals surface area contributed by atoms with Gasteiger partial charge in [0, 0.05) is 12.6 Å². The van der Waals surface area contributed by atoms with Crippen molar-refractivity contribution in [2.24, 2.45) is 0 Å². The first-order chi connectivity index (χ1) is 15.0. The second-order valence-electron chi connectivity index (χ2n) is 6.32. The van der Waals surface area contributed by atoms with Crippen molar-refractivity contribution in [3.05, 3.63) is 46.8 Å². The van der Waals surface area contributed by atoms with Gasteiger partial charge in [-0.25, -0.2) is 14.8 Å². The highest BCUT2D eigenvalue weighted by Crippen LogP contribution is 2.37. The van der Waals surface area contributed by atoms with Gasteiger partial charge >= 0.3 is 6.03 Å². The summed E-state index contributed by atoms with van der Waals surface area (Å²) in [5, 5.41) is 17.1. The Bertz CT molecular complexity index is 1120. The molecule has 0 atom stereocenters. The average molecular weight is 427 g/mol. The molecule has 0 aliphatic heterocycles. The third-order valence-corrected chi connectivity index (χ3v) is 4.27. The maximum atomic E-state index is 11.9. The number of nitrogens with zero attached hydrogens (tertiary/aromatic N) is 3. The highest BCUT2D eigenvalue weighted by Gasteiger charge is 2.19. The Hall–Kier alpha value is -4.15. The van der Waals surface area contributed by atoms with E-state index in [0.29, 0.717) is 28.9 Å². The molecule has 0 unspecified atom stereocenters. The summed E-state index contributed by atoms with van der Waals surface area (Å²) in [6.45, 7) is 2.35. The van der Waals surface area contributed by atoms with E-state index in [1.165, 1.54) is 38.7 Å². The number of urea groups is 1. The normalized spacial score (nSPS) is 10.4. The van der Waals surface area contributed by atoms with E-state index in [1.54, 1.807) is 12.1 Å². The zero-order chi connectivity index (χ0) is 22.4. The van der Waals surface area contributed by atoms with Gasteiger partial charge in [0.1, 0.15) is 17.8 Å². The van der Waals surface area contributed by atoms with Crippen molar-refractivity contribution in [3.63, 3.8) is 0 Å². The maximum absolute atomic E-state index is 11.9. The fourth-order valence-electron chi connectivity index (χ4n) is 2.79. The molecule has 2 amide bonds. The van der Waals surface area contributed by atoms with Crippen molar-refractivity contribution in [3.8, 4) is 23.1 Å². The molecule has 11 nitrogen and oxygen atoms in total. The molecule has 0 spiro atoms. The van der Waals surface area contributed by atoms with Gasteiger partial charge in [0.2, 0.25) is 5.88 Å². The largest absolute Gasteiger partial charge is 0.493 e. The zero-order valence-corrected chi connectivity index (χ0v) is 17.2. The number of carbonyl (C=O) groups excluding carboxylic acids is 1. The Morgan fingerprint density at radius 2 is 1.87 bits per heavy atom. The first-order valence-electron chi connectivity index (χ1n) is 9.34. The standard InChI is InChI=1S/C20H21N5O6/c1-4-7-21-20(26)24-14-6-5-12(8-16(14)25(27)28)31-19-13-9-17(29-2)18(30-3)10-15(13)22-11-23-19/h5-6,8-11H,4,7H2,1-3H3,(H2,21,24,26). The number of carbonyl (C=O) groups is 1. The number of hydrogen-bond donors (Lipinski definition) is 2. The van der Waals surface area contributed by atoms with Gasteiger partial charge in [-0.05, 0) is 24.6 Å². The van der Waals surface area contributed by atoms with Gasteiger partial charge in [0.05, 0.1) is 36.1 Å². The van der Waals surface area contributed by atoms with E-state index in [2.05, 4.69) is 20.6 Å². The van der Waals surface area contributed by atoms with Crippen LogP contribution in [-0.4, -0.2) is 41.7 Å². The number of anilines is 1. The number of nitrogens with one attached hydrogen (secondary N) is 2. The van der Waals surface area contributed by atoms with Crippen molar-refractivity contribution in [2.45, 2.75) is 13.3 Å². The Balaban J connectivity index is 1.93. The quantitative estimate of drug-likeness (QED) is 0.408. The van der Waals surface area contributed by atoms with Gasteiger partial charge in [0.25, 0.3) is 5.69 Å². The summed E-state index contributed by atoms with van der Waals surface area (Å²) in [6.07, 6.45) is 2.05. The van der Waals surface area contributed by atoms with Crippen LogP contribution < -0.4 is 24.8 Å². The fourth-order valence-corrected chi connectivity index (χ4v) is 2.79. The number of nitro groups is 1. The summed E-state index contributed by atoms with van der Waals surface area (Å²) < 4.78 is 16.4. The molecular formula is C20H21N5O6. The molecule has 0 bridgehead atoms. The number of ether oxygens (including phenoxy) is 3. The molecule has 3 rings (SSSR count). The van der Waals surface area contributed by atoms with Crippen LogP contribution in [0.3, 0.4) is 0 Å². The molecule has 1 aromatic heterocycles. The van der Waals surface area contributed by atoms with Crippen molar-refractivity contribution in [2.75, 3.05) is 26.1 Å². The molecule has 2 aromatic carbocycles. The molecule has 0 aliphatic carbocycles. The van der Waals surface area contributed by atoms with Crippen LogP contribution in [0.1, 0.15) is 13.3 Å². The van der Waals surface area contributed by atoms with Crippen molar-refractivity contribution < 1.29 is 23.9 Å². The van der Waals surface area contributed by atoms with Crippen LogP contribution in [0, 0.1) is 10.1 Å². The molecule has 0 fully saturated rings. The molecule has 2 N–H and O–H groups in total. The summed E-state index contributed by atoms with van der Waals surface area (Å²) in [5.41, 5.74) is 0.273. The molecule has 0 aliphatic rings. The molecule has 31 heavy (non-hydrogen) atoms. The second-order valence-corrected chi connectivity index (χ2v) is 6.32. The first-order valence-corrected chi connectivity index (χ1v) is 9.34. The number of amides is 2. The monoisotopic (exact) mass is 427 g/mol. The van der Waals surface area contributed by atoms with Gasteiger partial charge in [-0.1, -0.05) is 6.92 Å². The lowest BCUT2D eigenvalue weighted by Gasteiger charge is -2.12. The summed E-state index contributed by atoms with van der Waals surface area (Å²) >= 11 is 0. The topological polar surface area (TPSA) is 138 Å². The Kier molecular flexibility index (Phi) is 6.65. The summed E-state index contributed by atoms with van der Waals surface area (Å²) in [6, 6.07) is 6.91. The van der Waals surface area contributed by atoms with Gasteiger partial charge in [-0.3, -0.25) is 10.1 Å². The van der Waals surface area contributed by atoms with Crippen LogP contribution in [-0.2, 0) is 0 Å². The lowest BCUT2D eigenvalue weighted by molar-refractivity contribution is -0.384. The highest BCUT2D eigenvalue weighted by atomic mass is 16.6. The highest BCUT2D eigenvalue weighted by molar-refractivity contribution is 5.92. The number of fused-ring (bicyclic) bond motifs is 1. The minimum Gasteiger partial charge on any atom is -0.493 e. The minimum absolute atomic E-state index is 0.0462. The number of hydrogen-bond acceptors (Lipinski definition) is 8. The van der Waals surface area contributed by atoms with E-state index in [4.69, 9.17) is 14.2 Å². The molecule has 0 saturated carbocycles. The third kappa shape index (κ3) is 4.89. The molecule has 162 valence electrons. The smallest absolute Gasteiger partial charge is 0.319 e. The second kappa shape index (κ2) is 9.57. The van der Waals surface area contributed by atoms with Crippen LogP contribution in [0.5, 0.6) is 23.1 Å². The number of aromatic nitrogens is 2. The van der Waals surface area contributed by atoms with Crippen LogP contribution in [0.2, 0.25) is 0 Å². The lowest BCUT2D eigenvalue weighted by atomic mass is 10.2. The van der Waals surface area contributed by atoms with Crippen molar-refractivity contribution >= 4 is 28.3 Å². The maximum Gasteiger partial charge on any atom is 0.319 e. The van der Waals surface area contributed by atoms with Crippen LogP contribution in [0.15, 0.2) is 36.7 Å². The van der Waals surface area contributed by atoms with Crippen molar-refractivity contribution in [1.29, 1.82) is 0 Å². The fraction of sp³-hybridized carbons (Fsp3) is 0.250. The minimum atomic E-state index is -0.603. The molecule has 1 heterocycles. The van der Waals surface area contributed by atoms with Gasteiger partial charge in [-0.2, -0.15) is 0 Å². The van der Waals surface area contributed by atoms with E-state index in [1.807, 2.05) is 6.92 Å². The van der Waals surface area contributed by atoms with Gasteiger partial charge in [0.15, 0.2) is 11.5 Å². The number of rotatable bonds is 8. The number of methoxy groups -OCH3 is 2. The predicted octanol–water partition coefficient (Wildman–Crippen LogP) is 3.88. The van der Waals surface area contributed by atoms with Crippen molar-refractivity contribution in [1.82, 2.24) is 15.3 Å². The SMILES string of the molecule is CCCNC(=O)Nc1ccc(Oc2ncnc3cc(OC)c(OC)cc23)cc1[N+](=O)[O-]. The Morgan fingerprint density at radius 1 is 1.13 bits per heavy atom. The summed E-state index contributed by atoms with van der Waals surface area (Å²) in [7, 11) is 3.01. The Morgan fingerprint density at radius 3 is 2.55 bits per heavy atom. The molecule has 0 radical (unpaired) electrons. The van der Waals surface area contributed by atoms with Crippen LogP contribution in [0.4, 0.5) is 16.2 Å². The van der Waals surface area contributed by atoms with E-state index in [9.17, 15) is 14.9 Å². The molecule has 3 aromatic rings. The van der Waals surface area contributed by atoms with E-state index in [-0.39, 0.29) is 23.0 Å². The molecule has 0 saturated heterocycles. The van der Waals surface area contributed by atoms with Crippen LogP contribution in [0.25, 0.3) is 10.9 Å². The van der Waals surface area contributed by atoms with E-state index in [0.717, 1.165) is 6.42 Å². The lowest BCUT2D eigenvalue weighted by Crippen LogP contribution is -2.29. The van der Waals surface area contributed by atoms with Gasteiger partial charge in [-0.15, -0.1) is 0 Å². The van der Waals surface area contributed by atoms with Crippen LogP contribution >= 0.6 is 0 Å². The van der Waals surface area contributed by atoms with E-state index >= 15 is 0 Å². The third-order valence-electron chi connectivity index (χ3n) is 4.27. The Labute approximate surface area is 177 Å². The predicted molar refractivity (Wildman–Crippen MR) is 113 cm³/mol. The first kappa shape index (κ1) is 21.6. The van der Waals surface area contributed by atoms with Gasteiger partial charge < -0.3 is 24.8 Å². The number of nitro benzene ring substituents is 1. The molecular weight excluding hydrogens is 406 g/mol. The molecule has 11 heteroatoms. The average Bonchev–Trinajstić information content (AvgIpc) is 2.77. The summed E-state index contributed by atoms with van der Waals surface area (Å²) in [4.78, 5) is 31.1. The summed E-state index contributed by atoms with van der Waals surface area (Å²) in [5.74, 6) is 1.30.